The second kappa shape index (κ2) is 9.92. The Hall–Kier alpha value is -2.08. The normalized spacial score (nSPS) is 20.4. The van der Waals surface area contributed by atoms with Crippen molar-refractivity contribution in [2.45, 2.75) is 51.5 Å². The predicted molar refractivity (Wildman–Crippen MR) is 112 cm³/mol. The van der Waals surface area contributed by atoms with Gasteiger partial charge in [-0.25, -0.2) is 4.79 Å². The lowest BCUT2D eigenvalue weighted by Crippen LogP contribution is -2.47. The second-order valence-corrected chi connectivity index (χ2v) is 8.32. The number of amides is 3. The molecule has 0 spiro atoms. The minimum absolute atomic E-state index is 0.00809. The minimum Gasteiger partial charge on any atom is -0.351 e. The Morgan fingerprint density at radius 1 is 1.14 bits per heavy atom. The molecule has 0 bridgehead atoms. The number of carbonyl (C=O) groups is 2. The van der Waals surface area contributed by atoms with Crippen LogP contribution in [0.3, 0.4) is 0 Å². The molecule has 2 heterocycles. The van der Waals surface area contributed by atoms with Crippen molar-refractivity contribution in [1.82, 2.24) is 20.4 Å². The Kier molecular flexibility index (Phi) is 7.31. The molecule has 2 N–H and O–H groups in total. The van der Waals surface area contributed by atoms with E-state index in [0.29, 0.717) is 18.7 Å². The summed E-state index contributed by atoms with van der Waals surface area (Å²) in [6.45, 7) is 9.37. The topological polar surface area (TPSA) is 64.7 Å². The molecule has 0 aromatic heterocycles. The molecule has 1 unspecified atom stereocenters. The fourth-order valence-electron chi connectivity index (χ4n) is 4.14. The summed E-state index contributed by atoms with van der Waals surface area (Å²) in [5.74, 6) is 0.273. The van der Waals surface area contributed by atoms with Crippen LogP contribution in [0.15, 0.2) is 24.3 Å². The van der Waals surface area contributed by atoms with E-state index in [1.165, 1.54) is 12.8 Å². The molecule has 3 rings (SSSR count). The molecule has 3 amide bonds. The zero-order chi connectivity index (χ0) is 19.9. The average Bonchev–Trinajstić information content (AvgIpc) is 3.21. The summed E-state index contributed by atoms with van der Waals surface area (Å²) in [6, 6.07) is 8.06. The van der Waals surface area contributed by atoms with E-state index < -0.39 is 0 Å². The summed E-state index contributed by atoms with van der Waals surface area (Å²) in [7, 11) is 0. The van der Waals surface area contributed by atoms with Gasteiger partial charge in [0.25, 0.3) is 5.91 Å². The fraction of sp³-hybridized carbons (Fsp3) is 0.636. The number of benzene rings is 1. The van der Waals surface area contributed by atoms with Crippen LogP contribution in [0.2, 0.25) is 0 Å². The molecule has 1 aromatic carbocycles. The summed E-state index contributed by atoms with van der Waals surface area (Å²) in [5, 5.41) is 6.03. The van der Waals surface area contributed by atoms with E-state index in [-0.39, 0.29) is 23.9 Å². The number of nitrogens with zero attached hydrogens (tertiary/aromatic N) is 2. The zero-order valence-electron chi connectivity index (χ0n) is 17.2. The van der Waals surface area contributed by atoms with Gasteiger partial charge in [-0.3, -0.25) is 4.79 Å². The highest BCUT2D eigenvalue weighted by molar-refractivity contribution is 5.94. The van der Waals surface area contributed by atoms with Gasteiger partial charge in [0.15, 0.2) is 0 Å². The molecule has 28 heavy (non-hydrogen) atoms. The monoisotopic (exact) mass is 386 g/mol. The molecule has 2 aliphatic rings. The molecule has 2 saturated heterocycles. The summed E-state index contributed by atoms with van der Waals surface area (Å²) in [5.41, 5.74) is 1.86. The van der Waals surface area contributed by atoms with Gasteiger partial charge in [0.1, 0.15) is 0 Å². The van der Waals surface area contributed by atoms with E-state index in [1.54, 1.807) is 0 Å². The molecular formula is C22H34N4O2. The molecule has 0 radical (unpaired) electrons. The molecule has 6 nitrogen and oxygen atoms in total. The van der Waals surface area contributed by atoms with Gasteiger partial charge in [-0.2, -0.15) is 0 Å². The van der Waals surface area contributed by atoms with Crippen molar-refractivity contribution in [2.75, 3.05) is 39.3 Å². The second-order valence-electron chi connectivity index (χ2n) is 8.32. The van der Waals surface area contributed by atoms with E-state index in [0.717, 1.165) is 44.6 Å². The Bertz CT molecular complexity index is 670. The van der Waals surface area contributed by atoms with Crippen LogP contribution >= 0.6 is 0 Å². The van der Waals surface area contributed by atoms with Crippen LogP contribution in [0.4, 0.5) is 4.79 Å². The highest BCUT2D eigenvalue weighted by Gasteiger charge is 2.25. The molecule has 154 valence electrons. The van der Waals surface area contributed by atoms with Crippen molar-refractivity contribution in [1.29, 1.82) is 0 Å². The maximum atomic E-state index is 12.5. The van der Waals surface area contributed by atoms with Crippen LogP contribution in [0.25, 0.3) is 0 Å². The van der Waals surface area contributed by atoms with Gasteiger partial charge >= 0.3 is 6.03 Å². The molecule has 1 aromatic rings. The first kappa shape index (κ1) is 20.6. The number of piperidine rings is 1. The summed E-state index contributed by atoms with van der Waals surface area (Å²) in [4.78, 5) is 29.2. The number of hydrogen-bond donors (Lipinski definition) is 2. The lowest BCUT2D eigenvalue weighted by Gasteiger charge is -2.33. The van der Waals surface area contributed by atoms with Crippen LogP contribution < -0.4 is 10.6 Å². The zero-order valence-corrected chi connectivity index (χ0v) is 17.2. The smallest absolute Gasteiger partial charge is 0.317 e. The Balaban J connectivity index is 1.55. The van der Waals surface area contributed by atoms with Gasteiger partial charge < -0.3 is 20.4 Å². The standard InChI is InChI=1S/C22H34N4O2/c1-17(2)24-22(28)26-13-6-9-20(16-26)18-7-5-8-19(15-18)21(27)23-10-14-25-11-3-4-12-25/h5,7-8,15,17,20H,3-4,6,9-14,16H2,1-2H3,(H,23,27)(H,24,28). The number of hydrogen-bond acceptors (Lipinski definition) is 3. The van der Waals surface area contributed by atoms with Gasteiger partial charge in [0, 0.05) is 43.7 Å². The Morgan fingerprint density at radius 3 is 2.68 bits per heavy atom. The largest absolute Gasteiger partial charge is 0.351 e. The molecular weight excluding hydrogens is 352 g/mol. The number of urea groups is 1. The van der Waals surface area contributed by atoms with E-state index in [1.807, 2.05) is 36.9 Å². The van der Waals surface area contributed by atoms with E-state index in [2.05, 4.69) is 21.6 Å². The highest BCUT2D eigenvalue weighted by Crippen LogP contribution is 2.27. The molecule has 6 heteroatoms. The SMILES string of the molecule is CC(C)NC(=O)N1CCCC(c2cccc(C(=O)NCCN3CCCC3)c2)C1. The summed E-state index contributed by atoms with van der Waals surface area (Å²) < 4.78 is 0. The van der Waals surface area contributed by atoms with Crippen molar-refractivity contribution in [2.24, 2.45) is 0 Å². The van der Waals surface area contributed by atoms with Crippen LogP contribution in [-0.2, 0) is 0 Å². The third-order valence-electron chi connectivity index (χ3n) is 5.65. The van der Waals surface area contributed by atoms with Crippen LogP contribution in [0.5, 0.6) is 0 Å². The maximum Gasteiger partial charge on any atom is 0.317 e. The highest BCUT2D eigenvalue weighted by atomic mass is 16.2. The quantitative estimate of drug-likeness (QED) is 0.790. The lowest BCUT2D eigenvalue weighted by atomic mass is 9.89. The van der Waals surface area contributed by atoms with Gasteiger partial charge in [-0.15, -0.1) is 0 Å². The first-order chi connectivity index (χ1) is 13.5. The van der Waals surface area contributed by atoms with Gasteiger partial charge in [-0.1, -0.05) is 12.1 Å². The van der Waals surface area contributed by atoms with Crippen LogP contribution in [0.1, 0.15) is 61.4 Å². The van der Waals surface area contributed by atoms with Crippen molar-refractivity contribution in [3.63, 3.8) is 0 Å². The van der Waals surface area contributed by atoms with E-state index >= 15 is 0 Å². The first-order valence-corrected chi connectivity index (χ1v) is 10.7. The summed E-state index contributed by atoms with van der Waals surface area (Å²) >= 11 is 0. The third kappa shape index (κ3) is 5.71. The van der Waals surface area contributed by atoms with Crippen molar-refractivity contribution >= 4 is 11.9 Å². The molecule has 2 fully saturated rings. The minimum atomic E-state index is -0.00809. The van der Waals surface area contributed by atoms with Crippen molar-refractivity contribution in [3.8, 4) is 0 Å². The fourth-order valence-corrected chi connectivity index (χ4v) is 4.14. The predicted octanol–water partition coefficient (Wildman–Crippen LogP) is 2.81. The maximum absolute atomic E-state index is 12.5. The number of rotatable bonds is 6. The molecule has 2 aliphatic heterocycles. The Morgan fingerprint density at radius 2 is 1.93 bits per heavy atom. The number of carbonyl (C=O) groups excluding carboxylic acids is 2. The first-order valence-electron chi connectivity index (χ1n) is 10.7. The van der Waals surface area contributed by atoms with Crippen molar-refractivity contribution in [3.05, 3.63) is 35.4 Å². The van der Waals surface area contributed by atoms with Gasteiger partial charge in [0.2, 0.25) is 0 Å². The molecule has 0 aliphatic carbocycles. The van der Waals surface area contributed by atoms with E-state index in [4.69, 9.17) is 0 Å². The Labute approximate surface area is 168 Å². The lowest BCUT2D eigenvalue weighted by molar-refractivity contribution is 0.0949. The summed E-state index contributed by atoms with van der Waals surface area (Å²) in [6.07, 6.45) is 4.57. The average molecular weight is 387 g/mol. The third-order valence-corrected chi connectivity index (χ3v) is 5.65. The molecule has 1 atom stereocenters. The number of likely N-dealkylation sites (tertiary alicyclic amines) is 2. The van der Waals surface area contributed by atoms with Crippen LogP contribution in [0, 0.1) is 0 Å². The van der Waals surface area contributed by atoms with Crippen LogP contribution in [-0.4, -0.2) is 67.0 Å². The van der Waals surface area contributed by atoms with Gasteiger partial charge in [-0.05, 0) is 70.3 Å². The van der Waals surface area contributed by atoms with Gasteiger partial charge in [0.05, 0.1) is 0 Å². The number of nitrogens with one attached hydrogen (secondary N) is 2. The van der Waals surface area contributed by atoms with E-state index in [9.17, 15) is 9.59 Å². The van der Waals surface area contributed by atoms with Crippen molar-refractivity contribution < 1.29 is 9.59 Å². The molecule has 0 saturated carbocycles.